The number of allylic oxidation sites excluding steroid dienone is 1. The molecule has 1 heterocycles. The number of nitrogens with zero attached hydrogens (tertiary/aromatic N) is 1. The van der Waals surface area contributed by atoms with E-state index in [2.05, 4.69) is 4.90 Å². The first kappa shape index (κ1) is 21.0. The zero-order valence-corrected chi connectivity index (χ0v) is 16.4. The fourth-order valence-electron chi connectivity index (χ4n) is 3.25. The van der Waals surface area contributed by atoms with Crippen molar-refractivity contribution in [3.63, 3.8) is 0 Å². The van der Waals surface area contributed by atoms with Crippen molar-refractivity contribution in [3.05, 3.63) is 29.8 Å². The minimum Gasteiger partial charge on any atom is -0.493 e. The van der Waals surface area contributed by atoms with Gasteiger partial charge in [-0.3, -0.25) is 14.5 Å². The van der Waals surface area contributed by atoms with Gasteiger partial charge in [0.1, 0.15) is 6.04 Å². The van der Waals surface area contributed by atoms with E-state index >= 15 is 0 Å². The number of rotatable bonds is 9. The molecule has 1 unspecified atom stereocenters. The molecule has 0 radical (unpaired) electrons. The minimum atomic E-state index is -0.221. The molecule has 1 aliphatic heterocycles. The second-order valence-corrected chi connectivity index (χ2v) is 6.46. The van der Waals surface area contributed by atoms with Crippen LogP contribution in [0.15, 0.2) is 24.3 Å². The topological polar surface area (TPSA) is 65.1 Å². The number of ketones is 1. The van der Waals surface area contributed by atoms with E-state index in [1.807, 2.05) is 19.1 Å². The highest BCUT2D eigenvalue weighted by Crippen LogP contribution is 2.28. The van der Waals surface area contributed by atoms with Crippen molar-refractivity contribution in [1.82, 2.24) is 4.90 Å². The summed E-state index contributed by atoms with van der Waals surface area (Å²) < 4.78 is 15.6. The summed E-state index contributed by atoms with van der Waals surface area (Å²) in [6.07, 6.45) is 6.58. The van der Waals surface area contributed by atoms with Gasteiger partial charge in [0.2, 0.25) is 0 Å². The standard InChI is InChI=1S/C21H29NO5/c1-4-27-21(24)18-7-5-6-13-22(18)14-12-17(23)10-8-16-9-11-19(25-2)20(15-16)26-3/h8-11,15,18H,4-7,12-14H2,1-3H3. The van der Waals surface area contributed by atoms with Crippen molar-refractivity contribution >= 4 is 17.8 Å². The van der Waals surface area contributed by atoms with Gasteiger partial charge in [-0.15, -0.1) is 0 Å². The average molecular weight is 375 g/mol. The number of likely N-dealkylation sites (tertiary alicyclic amines) is 1. The van der Waals surface area contributed by atoms with Crippen molar-refractivity contribution < 1.29 is 23.8 Å². The second-order valence-electron chi connectivity index (χ2n) is 6.46. The lowest BCUT2D eigenvalue weighted by atomic mass is 10.0. The van der Waals surface area contributed by atoms with Crippen molar-refractivity contribution in [2.24, 2.45) is 0 Å². The van der Waals surface area contributed by atoms with E-state index in [1.54, 1.807) is 32.4 Å². The molecule has 0 aliphatic carbocycles. The number of hydrogen-bond acceptors (Lipinski definition) is 6. The molecule has 27 heavy (non-hydrogen) atoms. The van der Waals surface area contributed by atoms with Gasteiger partial charge in [-0.05, 0) is 50.1 Å². The van der Waals surface area contributed by atoms with Crippen LogP contribution >= 0.6 is 0 Å². The lowest BCUT2D eigenvalue weighted by Gasteiger charge is -2.33. The Labute approximate surface area is 161 Å². The maximum atomic E-state index is 12.3. The van der Waals surface area contributed by atoms with Crippen LogP contribution in [0.4, 0.5) is 0 Å². The zero-order valence-electron chi connectivity index (χ0n) is 16.4. The van der Waals surface area contributed by atoms with Gasteiger partial charge in [-0.2, -0.15) is 0 Å². The first-order chi connectivity index (χ1) is 13.1. The van der Waals surface area contributed by atoms with Crippen LogP contribution in [0.2, 0.25) is 0 Å². The molecular weight excluding hydrogens is 346 g/mol. The largest absolute Gasteiger partial charge is 0.493 e. The van der Waals surface area contributed by atoms with E-state index < -0.39 is 0 Å². The number of carbonyl (C=O) groups excluding carboxylic acids is 2. The Kier molecular flexibility index (Phi) is 8.33. The fraction of sp³-hybridized carbons (Fsp3) is 0.524. The molecular formula is C21H29NO5. The van der Waals surface area contributed by atoms with Gasteiger partial charge in [0.15, 0.2) is 17.3 Å². The molecule has 1 atom stereocenters. The minimum absolute atomic E-state index is 0.0259. The van der Waals surface area contributed by atoms with Gasteiger partial charge in [0.25, 0.3) is 0 Å². The third-order valence-corrected chi connectivity index (χ3v) is 4.69. The molecule has 0 bridgehead atoms. The third-order valence-electron chi connectivity index (χ3n) is 4.69. The van der Waals surface area contributed by atoms with Crippen LogP contribution in [0.1, 0.15) is 38.2 Å². The Morgan fingerprint density at radius 1 is 1.19 bits per heavy atom. The van der Waals surface area contributed by atoms with E-state index in [0.717, 1.165) is 31.4 Å². The van der Waals surface area contributed by atoms with Crippen molar-refractivity contribution in [3.8, 4) is 11.5 Å². The first-order valence-electron chi connectivity index (χ1n) is 9.42. The van der Waals surface area contributed by atoms with E-state index in [-0.39, 0.29) is 17.8 Å². The molecule has 1 aliphatic rings. The van der Waals surface area contributed by atoms with Crippen LogP contribution in [-0.2, 0) is 14.3 Å². The van der Waals surface area contributed by atoms with Crippen LogP contribution in [0, 0.1) is 0 Å². The van der Waals surface area contributed by atoms with Gasteiger partial charge < -0.3 is 14.2 Å². The summed E-state index contributed by atoms with van der Waals surface area (Å²) in [6, 6.07) is 5.28. The maximum absolute atomic E-state index is 12.3. The number of benzene rings is 1. The summed E-state index contributed by atoms with van der Waals surface area (Å²) in [4.78, 5) is 26.4. The Bertz CT molecular complexity index is 671. The molecule has 0 N–H and O–H groups in total. The number of carbonyl (C=O) groups is 2. The number of hydrogen-bond donors (Lipinski definition) is 0. The smallest absolute Gasteiger partial charge is 0.323 e. The molecule has 0 saturated carbocycles. The van der Waals surface area contributed by atoms with Gasteiger partial charge >= 0.3 is 5.97 Å². The Morgan fingerprint density at radius 3 is 2.67 bits per heavy atom. The monoisotopic (exact) mass is 375 g/mol. The SMILES string of the molecule is CCOC(=O)C1CCCCN1CCC(=O)C=Cc1ccc(OC)c(OC)c1. The van der Waals surface area contributed by atoms with E-state index in [9.17, 15) is 9.59 Å². The molecule has 148 valence electrons. The molecule has 0 aromatic heterocycles. The summed E-state index contributed by atoms with van der Waals surface area (Å²) in [5.41, 5.74) is 0.864. The molecule has 1 aromatic rings. The highest BCUT2D eigenvalue weighted by molar-refractivity contribution is 5.93. The average Bonchev–Trinajstić information content (AvgIpc) is 2.70. The molecule has 1 fully saturated rings. The molecule has 6 nitrogen and oxygen atoms in total. The summed E-state index contributed by atoms with van der Waals surface area (Å²) in [5.74, 6) is 1.12. The Balaban J connectivity index is 1.91. The first-order valence-corrected chi connectivity index (χ1v) is 9.42. The van der Waals surface area contributed by atoms with Gasteiger partial charge in [-0.25, -0.2) is 0 Å². The van der Waals surface area contributed by atoms with Crippen molar-refractivity contribution in [1.29, 1.82) is 0 Å². The maximum Gasteiger partial charge on any atom is 0.323 e. The Morgan fingerprint density at radius 2 is 1.96 bits per heavy atom. The third kappa shape index (κ3) is 6.10. The molecule has 2 rings (SSSR count). The summed E-state index contributed by atoms with van der Waals surface area (Å²) in [6.45, 7) is 3.60. The lowest BCUT2D eigenvalue weighted by Crippen LogP contribution is -2.46. The number of piperidine rings is 1. The second kappa shape index (κ2) is 10.7. The molecule has 6 heteroatoms. The predicted octanol–water partition coefficient (Wildman–Crippen LogP) is 3.09. The predicted molar refractivity (Wildman–Crippen MR) is 104 cm³/mol. The molecule has 1 saturated heterocycles. The van der Waals surface area contributed by atoms with E-state index in [4.69, 9.17) is 14.2 Å². The van der Waals surface area contributed by atoms with Crippen LogP contribution in [0.5, 0.6) is 11.5 Å². The number of methoxy groups -OCH3 is 2. The fourth-order valence-corrected chi connectivity index (χ4v) is 3.25. The molecule has 0 amide bonds. The summed E-state index contributed by atoms with van der Waals surface area (Å²) in [5, 5.41) is 0. The van der Waals surface area contributed by atoms with Gasteiger partial charge in [0, 0.05) is 13.0 Å². The normalized spacial score (nSPS) is 17.7. The van der Waals surface area contributed by atoms with Gasteiger partial charge in [0.05, 0.1) is 20.8 Å². The molecule has 0 spiro atoms. The van der Waals surface area contributed by atoms with Crippen molar-refractivity contribution in [2.75, 3.05) is 33.9 Å². The zero-order chi connectivity index (χ0) is 19.6. The van der Waals surface area contributed by atoms with Crippen LogP contribution in [-0.4, -0.2) is 56.6 Å². The van der Waals surface area contributed by atoms with Crippen LogP contribution < -0.4 is 9.47 Å². The van der Waals surface area contributed by atoms with Crippen LogP contribution in [0.3, 0.4) is 0 Å². The quantitative estimate of drug-likeness (QED) is 0.488. The van der Waals surface area contributed by atoms with E-state index in [0.29, 0.717) is 31.1 Å². The van der Waals surface area contributed by atoms with Crippen LogP contribution in [0.25, 0.3) is 6.08 Å². The van der Waals surface area contributed by atoms with Crippen molar-refractivity contribution in [2.45, 2.75) is 38.6 Å². The number of esters is 1. The summed E-state index contributed by atoms with van der Waals surface area (Å²) >= 11 is 0. The highest BCUT2D eigenvalue weighted by Gasteiger charge is 2.29. The molecule has 1 aromatic carbocycles. The van der Waals surface area contributed by atoms with Gasteiger partial charge in [-0.1, -0.05) is 18.6 Å². The Hall–Kier alpha value is -2.34. The lowest BCUT2D eigenvalue weighted by molar-refractivity contribution is -0.151. The summed E-state index contributed by atoms with van der Waals surface area (Å²) in [7, 11) is 3.16. The van der Waals surface area contributed by atoms with E-state index in [1.165, 1.54) is 0 Å². The highest BCUT2D eigenvalue weighted by atomic mass is 16.5. The number of ether oxygens (including phenoxy) is 3.